The van der Waals surface area contributed by atoms with Gasteiger partial charge in [0.25, 0.3) is 0 Å². The van der Waals surface area contributed by atoms with Gasteiger partial charge in [-0.3, -0.25) is 0 Å². The second kappa shape index (κ2) is 6.69. The van der Waals surface area contributed by atoms with Crippen molar-refractivity contribution in [1.82, 2.24) is 10.2 Å². The number of nitrogens with one attached hydrogen (secondary N) is 1. The van der Waals surface area contributed by atoms with Gasteiger partial charge < -0.3 is 20.1 Å². The Kier molecular flexibility index (Phi) is 5.22. The number of rotatable bonds is 6. The van der Waals surface area contributed by atoms with Crippen LogP contribution in [0.25, 0.3) is 0 Å². The van der Waals surface area contributed by atoms with Crippen LogP contribution in [0.3, 0.4) is 0 Å². The molecule has 2 aliphatic rings. The Morgan fingerprint density at radius 2 is 1.88 bits per heavy atom. The number of hydrogen-bond acceptors (Lipinski definition) is 4. The Hall–Kier alpha value is -0.160. The Bertz CT molecular complexity index is 211. The first kappa shape index (κ1) is 13.3. The maximum atomic E-state index is 9.52. The Balaban J connectivity index is 1.61. The highest BCUT2D eigenvalue weighted by molar-refractivity contribution is 4.89. The fraction of sp³-hybridized carbons (Fsp3) is 1.00. The number of aliphatic hydroxyl groups excluding tert-OH is 1. The summed E-state index contributed by atoms with van der Waals surface area (Å²) < 4.78 is 5.35. The van der Waals surface area contributed by atoms with Crippen LogP contribution in [0.15, 0.2) is 0 Å². The predicted octanol–water partition coefficient (Wildman–Crippen LogP) is 0.603. The number of nitrogens with zero attached hydrogens (tertiary/aromatic N) is 1. The van der Waals surface area contributed by atoms with Gasteiger partial charge in [0.2, 0.25) is 0 Å². The van der Waals surface area contributed by atoms with Gasteiger partial charge in [-0.1, -0.05) is 0 Å². The molecule has 0 aromatic heterocycles. The molecule has 17 heavy (non-hydrogen) atoms. The smallest absolute Gasteiger partial charge is 0.0615 e. The lowest BCUT2D eigenvalue weighted by molar-refractivity contribution is 0.0118. The molecule has 0 unspecified atom stereocenters. The Labute approximate surface area is 104 Å². The summed E-state index contributed by atoms with van der Waals surface area (Å²) in [5.41, 5.74) is -0.0662. The van der Waals surface area contributed by atoms with Crippen LogP contribution in [0.2, 0.25) is 0 Å². The third-order valence-electron chi connectivity index (χ3n) is 4.10. The van der Waals surface area contributed by atoms with Gasteiger partial charge in [0, 0.05) is 18.8 Å². The quantitative estimate of drug-likeness (QED) is 0.670. The lowest BCUT2D eigenvalue weighted by atomic mass is 9.91. The fourth-order valence-electron chi connectivity index (χ4n) is 2.82. The van der Waals surface area contributed by atoms with E-state index in [1.807, 2.05) is 0 Å². The summed E-state index contributed by atoms with van der Waals surface area (Å²) in [6.07, 6.45) is 5.79. The van der Waals surface area contributed by atoms with Gasteiger partial charge in [0.15, 0.2) is 0 Å². The molecular weight excluding hydrogens is 216 g/mol. The first-order valence-corrected chi connectivity index (χ1v) is 7.01. The van der Waals surface area contributed by atoms with Crippen LogP contribution in [0.1, 0.15) is 32.1 Å². The molecule has 4 heteroatoms. The minimum absolute atomic E-state index is 0.0662. The highest BCUT2D eigenvalue weighted by Crippen LogP contribution is 2.19. The molecule has 0 aromatic carbocycles. The molecule has 2 rings (SSSR count). The molecule has 0 radical (unpaired) electrons. The van der Waals surface area contributed by atoms with Crippen molar-refractivity contribution in [2.45, 2.75) is 37.6 Å². The maximum absolute atomic E-state index is 9.52. The summed E-state index contributed by atoms with van der Waals surface area (Å²) in [6, 6.07) is 0. The van der Waals surface area contributed by atoms with Crippen molar-refractivity contribution in [1.29, 1.82) is 0 Å². The second-order valence-corrected chi connectivity index (χ2v) is 5.38. The fourth-order valence-corrected chi connectivity index (χ4v) is 2.82. The molecule has 2 saturated heterocycles. The molecule has 0 spiro atoms. The first-order chi connectivity index (χ1) is 8.35. The highest BCUT2D eigenvalue weighted by atomic mass is 16.5. The largest absolute Gasteiger partial charge is 0.394 e. The second-order valence-electron chi connectivity index (χ2n) is 5.38. The van der Waals surface area contributed by atoms with E-state index in [2.05, 4.69) is 10.2 Å². The minimum Gasteiger partial charge on any atom is -0.394 e. The van der Waals surface area contributed by atoms with Crippen LogP contribution in [-0.2, 0) is 4.74 Å². The predicted molar refractivity (Wildman–Crippen MR) is 68.2 cm³/mol. The maximum Gasteiger partial charge on any atom is 0.0615 e. The Morgan fingerprint density at radius 3 is 2.53 bits per heavy atom. The first-order valence-electron chi connectivity index (χ1n) is 7.01. The van der Waals surface area contributed by atoms with Gasteiger partial charge in [-0.15, -0.1) is 0 Å². The van der Waals surface area contributed by atoms with Crippen LogP contribution in [0, 0.1) is 0 Å². The molecule has 0 saturated carbocycles. The number of hydrogen-bond donors (Lipinski definition) is 2. The van der Waals surface area contributed by atoms with Crippen molar-refractivity contribution in [3.05, 3.63) is 0 Å². The molecule has 0 bridgehead atoms. The zero-order valence-corrected chi connectivity index (χ0v) is 10.8. The topological polar surface area (TPSA) is 44.7 Å². The summed E-state index contributed by atoms with van der Waals surface area (Å²) in [5.74, 6) is 0. The molecular formula is C13H26N2O2. The van der Waals surface area contributed by atoms with Crippen molar-refractivity contribution in [3.63, 3.8) is 0 Å². The van der Waals surface area contributed by atoms with Crippen molar-refractivity contribution in [2.24, 2.45) is 0 Å². The van der Waals surface area contributed by atoms with Crippen molar-refractivity contribution < 1.29 is 9.84 Å². The normalized spacial score (nSPS) is 25.2. The average Bonchev–Trinajstić information content (AvgIpc) is 2.89. The van der Waals surface area contributed by atoms with Crippen molar-refractivity contribution in [3.8, 4) is 0 Å². The van der Waals surface area contributed by atoms with Gasteiger partial charge in [-0.05, 0) is 58.3 Å². The highest BCUT2D eigenvalue weighted by Gasteiger charge is 2.30. The molecule has 4 nitrogen and oxygen atoms in total. The standard InChI is InChI=1S/C13H26N2O2/c16-12-13(4-10-17-11-5-13)14-6-3-9-15-7-1-2-8-15/h14,16H,1-12H2. The van der Waals surface area contributed by atoms with E-state index in [4.69, 9.17) is 4.74 Å². The summed E-state index contributed by atoms with van der Waals surface area (Å²) in [4.78, 5) is 2.54. The van der Waals surface area contributed by atoms with Gasteiger partial charge >= 0.3 is 0 Å². The molecule has 0 aliphatic carbocycles. The molecule has 0 amide bonds. The van der Waals surface area contributed by atoms with Crippen LogP contribution in [0.4, 0.5) is 0 Å². The SMILES string of the molecule is OCC1(NCCCN2CCCC2)CCOCC1. The molecule has 2 heterocycles. The van der Waals surface area contributed by atoms with Gasteiger partial charge in [0.05, 0.1) is 6.61 Å². The van der Waals surface area contributed by atoms with E-state index in [0.29, 0.717) is 0 Å². The zero-order chi connectivity index (χ0) is 12.0. The van der Waals surface area contributed by atoms with E-state index in [0.717, 1.165) is 32.6 Å². The summed E-state index contributed by atoms with van der Waals surface area (Å²) >= 11 is 0. The summed E-state index contributed by atoms with van der Waals surface area (Å²) in [6.45, 7) is 6.56. The molecule has 100 valence electrons. The Morgan fingerprint density at radius 1 is 1.18 bits per heavy atom. The third-order valence-corrected chi connectivity index (χ3v) is 4.10. The molecule has 2 N–H and O–H groups in total. The third kappa shape index (κ3) is 3.91. The molecule has 2 fully saturated rings. The zero-order valence-electron chi connectivity index (χ0n) is 10.8. The van der Waals surface area contributed by atoms with E-state index >= 15 is 0 Å². The lowest BCUT2D eigenvalue weighted by Crippen LogP contribution is -2.52. The molecule has 2 aliphatic heterocycles. The lowest BCUT2D eigenvalue weighted by Gasteiger charge is -2.36. The average molecular weight is 242 g/mol. The molecule has 0 atom stereocenters. The van der Waals surface area contributed by atoms with E-state index < -0.39 is 0 Å². The van der Waals surface area contributed by atoms with E-state index in [1.165, 1.54) is 38.9 Å². The minimum atomic E-state index is -0.0662. The summed E-state index contributed by atoms with van der Waals surface area (Å²) in [5, 5.41) is 13.1. The number of aliphatic hydroxyl groups is 1. The van der Waals surface area contributed by atoms with E-state index in [1.54, 1.807) is 0 Å². The number of likely N-dealkylation sites (tertiary alicyclic amines) is 1. The van der Waals surface area contributed by atoms with Crippen LogP contribution in [0.5, 0.6) is 0 Å². The molecule has 0 aromatic rings. The van der Waals surface area contributed by atoms with Crippen molar-refractivity contribution >= 4 is 0 Å². The summed E-state index contributed by atoms with van der Waals surface area (Å²) in [7, 11) is 0. The monoisotopic (exact) mass is 242 g/mol. The van der Waals surface area contributed by atoms with Gasteiger partial charge in [0.1, 0.15) is 0 Å². The number of ether oxygens (including phenoxy) is 1. The van der Waals surface area contributed by atoms with Gasteiger partial charge in [-0.2, -0.15) is 0 Å². The van der Waals surface area contributed by atoms with E-state index in [9.17, 15) is 5.11 Å². The van der Waals surface area contributed by atoms with Gasteiger partial charge in [-0.25, -0.2) is 0 Å². The van der Waals surface area contributed by atoms with Crippen LogP contribution >= 0.6 is 0 Å². The van der Waals surface area contributed by atoms with Crippen LogP contribution in [-0.4, -0.2) is 61.5 Å². The van der Waals surface area contributed by atoms with Crippen molar-refractivity contribution in [2.75, 3.05) is 46.0 Å². The van der Waals surface area contributed by atoms with Crippen LogP contribution < -0.4 is 5.32 Å². The van der Waals surface area contributed by atoms with E-state index in [-0.39, 0.29) is 12.1 Å².